The third kappa shape index (κ3) is 9.42. The van der Waals surface area contributed by atoms with Gasteiger partial charge in [-0.2, -0.15) is 0 Å². The molecule has 0 radical (unpaired) electrons. The fourth-order valence-electron chi connectivity index (χ4n) is 11.0. The number of ether oxygens (including phenoxy) is 5. The number of benzene rings is 8. The van der Waals surface area contributed by atoms with E-state index in [1.807, 2.05) is 0 Å². The van der Waals surface area contributed by atoms with Gasteiger partial charge >= 0.3 is 11.9 Å². The highest BCUT2D eigenvalue weighted by Crippen LogP contribution is 2.63. The van der Waals surface area contributed by atoms with Gasteiger partial charge in [0.25, 0.3) is 0 Å². The fraction of sp³-hybridized carbons (Fsp3) is 0.153. The van der Waals surface area contributed by atoms with Crippen LogP contribution in [0.1, 0.15) is 95.4 Å². The molecule has 0 saturated heterocycles. The van der Waals surface area contributed by atoms with Gasteiger partial charge in [-0.25, -0.2) is 9.59 Å². The number of phenolic OH excluding ortho intramolecular Hbond substituents is 18. The predicted octanol–water partition coefficient (Wildman–Crippen LogP) is 6.41. The van der Waals surface area contributed by atoms with Gasteiger partial charge in [0, 0.05) is 69.6 Å². The van der Waals surface area contributed by atoms with Crippen molar-refractivity contribution in [3.63, 3.8) is 0 Å². The Morgan fingerprint density at radius 2 is 0.776 bits per heavy atom. The molecule has 8 aromatic carbocycles. The molecule has 0 fully saturated rings. The van der Waals surface area contributed by atoms with Crippen LogP contribution in [-0.2, 0) is 15.9 Å². The van der Waals surface area contributed by atoms with E-state index in [-0.39, 0.29) is 22.3 Å². The minimum Gasteiger partial charge on any atom is -0.508 e. The minimum absolute atomic E-state index is 0.00381. The molecule has 8 atom stereocenters. The van der Waals surface area contributed by atoms with E-state index in [9.17, 15) is 107 Å². The number of hydrogen-bond acceptors (Lipinski definition) is 26. The summed E-state index contributed by atoms with van der Waals surface area (Å²) in [6.45, 7) is 0. The van der Waals surface area contributed by atoms with Gasteiger partial charge in [-0.3, -0.25) is 0 Å². The molecule has 3 heterocycles. The van der Waals surface area contributed by atoms with Crippen molar-refractivity contribution in [2.45, 2.75) is 54.9 Å². The van der Waals surface area contributed by atoms with Gasteiger partial charge in [-0.05, 0) is 66.2 Å². The van der Waals surface area contributed by atoms with E-state index in [1.165, 1.54) is 18.2 Å². The molecule has 0 saturated carbocycles. The van der Waals surface area contributed by atoms with Gasteiger partial charge < -0.3 is 121 Å². The van der Waals surface area contributed by atoms with Crippen LogP contribution in [0, 0.1) is 0 Å². The SMILES string of the molecule is O=C(O[C@@H]1[C@@H](c2c(O)cc3c(c2O)[C@H](c2c(O)cc(O)c4c2O[C@H](c2ccc(O)c(O)c2)[C@@H](O)C4)[C@@H](OC(=O)c2cc(O)c(O)c(O)c2)[C@@H](c2ccc(O)c(O)c2)O3)c2c(O)cc(O)cc2O[C@@H]1c1ccc(O)c(O)c1)c1cc(O)c(O)c(O)c1. The Balaban J connectivity index is 1.22. The van der Waals surface area contributed by atoms with Crippen LogP contribution in [-0.4, -0.2) is 127 Å². The predicted molar refractivity (Wildman–Crippen MR) is 283 cm³/mol. The van der Waals surface area contributed by atoms with E-state index < -0.39 is 221 Å². The first-order valence-corrected chi connectivity index (χ1v) is 25.2. The summed E-state index contributed by atoms with van der Waals surface area (Å²) in [5.74, 6) is -24.3. The molecule has 0 spiro atoms. The Bertz CT molecular complexity index is 4060. The van der Waals surface area contributed by atoms with E-state index in [0.29, 0.717) is 24.3 Å². The number of hydrogen-bond donors (Lipinski definition) is 19. The second-order valence-electron chi connectivity index (χ2n) is 20.1. The molecule has 85 heavy (non-hydrogen) atoms. The van der Waals surface area contributed by atoms with Crippen LogP contribution in [0.5, 0.6) is 121 Å². The summed E-state index contributed by atoms with van der Waals surface area (Å²) in [6.07, 6.45) is -11.6. The number of carbonyl (C=O) groups excluding carboxylic acids is 2. The second-order valence-corrected chi connectivity index (χ2v) is 20.1. The lowest BCUT2D eigenvalue weighted by Crippen LogP contribution is -2.41. The normalized spacial score (nSPS) is 20.3. The zero-order chi connectivity index (χ0) is 60.9. The molecule has 0 bridgehead atoms. The maximum Gasteiger partial charge on any atom is 0.338 e. The summed E-state index contributed by atoms with van der Waals surface area (Å²) in [4.78, 5) is 29.2. The molecule has 3 aliphatic rings. The topological polar surface area (TPSA) is 465 Å². The number of rotatable bonds is 9. The van der Waals surface area contributed by atoms with E-state index in [4.69, 9.17) is 23.7 Å². The number of fused-ring (bicyclic) bond motifs is 3. The summed E-state index contributed by atoms with van der Waals surface area (Å²) < 4.78 is 31.7. The largest absolute Gasteiger partial charge is 0.508 e. The molecular weight excluding hydrogens is 1120 g/mol. The molecule has 0 aromatic heterocycles. The average Bonchev–Trinajstić information content (AvgIpc) is 0.816. The Kier molecular flexibility index (Phi) is 13.3. The summed E-state index contributed by atoms with van der Waals surface area (Å²) in [7, 11) is 0. The van der Waals surface area contributed by atoms with E-state index in [1.54, 1.807) is 0 Å². The fourth-order valence-corrected chi connectivity index (χ4v) is 11.0. The molecule has 3 aliphatic heterocycles. The van der Waals surface area contributed by atoms with Crippen molar-refractivity contribution >= 4 is 11.9 Å². The Labute approximate surface area is 475 Å². The molecule has 11 rings (SSSR count). The van der Waals surface area contributed by atoms with Crippen LogP contribution >= 0.6 is 0 Å². The van der Waals surface area contributed by atoms with Crippen molar-refractivity contribution in [1.82, 2.24) is 0 Å². The summed E-state index contributed by atoms with van der Waals surface area (Å²) >= 11 is 0. The highest BCUT2D eigenvalue weighted by Gasteiger charge is 2.53. The van der Waals surface area contributed by atoms with Gasteiger partial charge in [0.05, 0.1) is 29.1 Å². The van der Waals surface area contributed by atoms with Crippen molar-refractivity contribution in [3.05, 3.63) is 159 Å². The molecule has 0 aliphatic carbocycles. The van der Waals surface area contributed by atoms with Crippen LogP contribution in [0.2, 0.25) is 0 Å². The molecule has 438 valence electrons. The maximum atomic E-state index is 14.7. The quantitative estimate of drug-likeness (QED) is 0.0548. The lowest BCUT2D eigenvalue weighted by molar-refractivity contribution is -0.0298. The molecule has 19 N–H and O–H groups in total. The van der Waals surface area contributed by atoms with Crippen molar-refractivity contribution in [2.24, 2.45) is 0 Å². The van der Waals surface area contributed by atoms with E-state index in [0.717, 1.165) is 60.7 Å². The second kappa shape index (κ2) is 20.5. The first kappa shape index (κ1) is 55.4. The number of phenols is 18. The Morgan fingerprint density at radius 3 is 1.24 bits per heavy atom. The summed E-state index contributed by atoms with van der Waals surface area (Å²) in [6, 6.07) is 15.7. The van der Waals surface area contributed by atoms with Crippen molar-refractivity contribution in [2.75, 3.05) is 0 Å². The number of aliphatic hydroxyl groups is 1. The lowest BCUT2D eigenvalue weighted by atomic mass is 9.73. The first-order chi connectivity index (χ1) is 40.3. The summed E-state index contributed by atoms with van der Waals surface area (Å²) in [5, 5.41) is 210. The number of aliphatic hydroxyl groups excluding tert-OH is 1. The Hall–Kier alpha value is -11.5. The zero-order valence-corrected chi connectivity index (χ0v) is 43.0. The zero-order valence-electron chi connectivity index (χ0n) is 43.0. The number of aromatic hydroxyl groups is 18. The highest BCUT2D eigenvalue weighted by atomic mass is 16.6. The standard InChI is InChI=1S/C59H46O26/c60-24-14-33(68)43-41(15-24)81-53(20-2-5-27(62)31(66)8-20)56(84-58(79)22-10-36(71)49(76)37(72)11-22)47(43)44-35(70)18-42-46(51(44)78)48(45-34(69)17-29(64)25-16-40(75)52(83-55(25)45)19-1-4-26(61)30(65)7-19)57(54(82-42)21-3-6-28(63)32(67)9-21)85-59(80)23-12-38(73)50(77)39(74)13-23/h1-15,17-18,40,47-48,52-54,56-57,60-78H,16H2/t40-,47+,48-,52+,53+,54+,56+,57+/m0/s1. The van der Waals surface area contributed by atoms with Crippen molar-refractivity contribution in [3.8, 4) is 121 Å². The highest BCUT2D eigenvalue weighted by molar-refractivity contribution is 5.92. The van der Waals surface area contributed by atoms with Crippen LogP contribution in [0.4, 0.5) is 0 Å². The van der Waals surface area contributed by atoms with Crippen LogP contribution in [0.3, 0.4) is 0 Å². The van der Waals surface area contributed by atoms with Gasteiger partial charge in [0.1, 0.15) is 57.8 Å². The minimum atomic E-state index is -2.15. The van der Waals surface area contributed by atoms with Gasteiger partial charge in [0.15, 0.2) is 93.4 Å². The first-order valence-electron chi connectivity index (χ1n) is 25.2. The Morgan fingerprint density at radius 1 is 0.365 bits per heavy atom. The molecule has 26 nitrogen and oxygen atoms in total. The molecule has 0 amide bonds. The van der Waals surface area contributed by atoms with Gasteiger partial charge in [-0.15, -0.1) is 0 Å². The van der Waals surface area contributed by atoms with Crippen molar-refractivity contribution < 1.29 is 130 Å². The van der Waals surface area contributed by atoms with Crippen LogP contribution < -0.4 is 14.2 Å². The smallest absolute Gasteiger partial charge is 0.338 e. The third-order valence-electron chi connectivity index (χ3n) is 14.9. The van der Waals surface area contributed by atoms with Crippen LogP contribution in [0.25, 0.3) is 0 Å². The monoisotopic (exact) mass is 1170 g/mol. The maximum absolute atomic E-state index is 14.7. The number of esters is 2. The van der Waals surface area contributed by atoms with Crippen LogP contribution in [0.15, 0.2) is 103 Å². The molecule has 26 heteroatoms. The third-order valence-corrected chi connectivity index (χ3v) is 14.9. The number of carbonyl (C=O) groups is 2. The lowest BCUT2D eigenvalue weighted by Gasteiger charge is -2.43. The van der Waals surface area contributed by atoms with Gasteiger partial charge in [0.2, 0.25) is 0 Å². The molecule has 8 aromatic rings. The average molecular weight is 1170 g/mol. The van der Waals surface area contributed by atoms with Crippen molar-refractivity contribution in [1.29, 1.82) is 0 Å². The van der Waals surface area contributed by atoms with E-state index >= 15 is 0 Å². The molecular formula is C59H46O26. The van der Waals surface area contributed by atoms with E-state index in [2.05, 4.69) is 0 Å². The summed E-state index contributed by atoms with van der Waals surface area (Å²) in [5.41, 5.74) is -4.38. The van der Waals surface area contributed by atoms with Gasteiger partial charge in [-0.1, -0.05) is 18.2 Å². The molecule has 0 unspecified atom stereocenters.